The van der Waals surface area contributed by atoms with Gasteiger partial charge in [-0.15, -0.1) is 0 Å². The molecule has 0 aliphatic carbocycles. The molecule has 0 heterocycles. The van der Waals surface area contributed by atoms with Crippen LogP contribution < -0.4 is 15.4 Å². The van der Waals surface area contributed by atoms with Gasteiger partial charge in [0.2, 0.25) is 11.8 Å². The largest absolute Gasteiger partial charge is 0.508 e. The Hall–Kier alpha value is -4.66. The predicted molar refractivity (Wildman–Crippen MR) is 172 cm³/mol. The van der Waals surface area contributed by atoms with E-state index in [2.05, 4.69) is 34.6 Å². The SMILES string of the molecule is CC(=O)NCCC(=O)Nc1cc(C(O)CN(Cc2ccccc2)C(C)Cc2ccc(O)cc2)ccc1OCc1ccccc1. The molecule has 2 unspecified atom stereocenters. The number of ether oxygens (including phenoxy) is 1. The van der Waals surface area contributed by atoms with Crippen LogP contribution >= 0.6 is 0 Å². The van der Waals surface area contributed by atoms with Gasteiger partial charge in [0, 0.05) is 39.0 Å². The van der Waals surface area contributed by atoms with Gasteiger partial charge in [-0.3, -0.25) is 14.5 Å². The van der Waals surface area contributed by atoms with Crippen molar-refractivity contribution in [1.29, 1.82) is 0 Å². The highest BCUT2D eigenvalue weighted by atomic mass is 16.5. The number of aliphatic hydroxyl groups excluding tert-OH is 1. The number of hydrogen-bond donors (Lipinski definition) is 4. The summed E-state index contributed by atoms with van der Waals surface area (Å²) in [4.78, 5) is 26.2. The summed E-state index contributed by atoms with van der Waals surface area (Å²) in [6.07, 6.45) is -0.00887. The zero-order valence-electron chi connectivity index (χ0n) is 25.3. The second-order valence-corrected chi connectivity index (χ2v) is 11.0. The molecule has 4 aromatic rings. The Bertz CT molecular complexity index is 1480. The number of rotatable bonds is 15. The number of carbonyl (C=O) groups is 2. The molecule has 44 heavy (non-hydrogen) atoms. The van der Waals surface area contributed by atoms with E-state index in [0.717, 1.165) is 23.1 Å². The van der Waals surface area contributed by atoms with Gasteiger partial charge in [-0.25, -0.2) is 0 Å². The van der Waals surface area contributed by atoms with Crippen LogP contribution in [0.15, 0.2) is 103 Å². The highest BCUT2D eigenvalue weighted by molar-refractivity contribution is 5.92. The third-order valence-electron chi connectivity index (χ3n) is 7.35. The number of nitrogens with zero attached hydrogens (tertiary/aromatic N) is 1. The lowest BCUT2D eigenvalue weighted by Gasteiger charge is -2.31. The third kappa shape index (κ3) is 10.3. The van der Waals surface area contributed by atoms with E-state index in [-0.39, 0.29) is 36.6 Å². The van der Waals surface area contributed by atoms with Crippen molar-refractivity contribution < 1.29 is 24.5 Å². The predicted octanol–water partition coefficient (Wildman–Crippen LogP) is 5.60. The Morgan fingerprint density at radius 1 is 0.864 bits per heavy atom. The summed E-state index contributed by atoms with van der Waals surface area (Å²) < 4.78 is 6.08. The standard InChI is InChI=1S/C36H41N3O5/c1-26(21-28-13-16-32(41)17-14-28)39(23-29-9-5-3-6-10-29)24-34(42)31-15-18-35(44-25-30-11-7-4-8-12-30)33(22-31)38-36(43)19-20-37-27(2)40/h3-18,22,26,34,41-42H,19-21,23-25H2,1-2H3,(H,37,40)(H,38,43). The summed E-state index contributed by atoms with van der Waals surface area (Å²) in [6.45, 7) is 5.07. The van der Waals surface area contributed by atoms with Crippen molar-refractivity contribution >= 4 is 17.5 Å². The summed E-state index contributed by atoms with van der Waals surface area (Å²) in [5.41, 5.74) is 4.31. The highest BCUT2D eigenvalue weighted by Crippen LogP contribution is 2.30. The zero-order valence-corrected chi connectivity index (χ0v) is 25.3. The first-order chi connectivity index (χ1) is 21.3. The average Bonchev–Trinajstić information content (AvgIpc) is 3.02. The lowest BCUT2D eigenvalue weighted by atomic mass is 10.0. The number of carbonyl (C=O) groups excluding carboxylic acids is 2. The molecule has 0 spiro atoms. The van der Waals surface area contributed by atoms with Gasteiger partial charge in [-0.1, -0.05) is 78.9 Å². The number of aromatic hydroxyl groups is 1. The first-order valence-corrected chi connectivity index (χ1v) is 14.9. The number of benzene rings is 4. The van der Waals surface area contributed by atoms with Gasteiger partial charge < -0.3 is 25.6 Å². The van der Waals surface area contributed by atoms with Crippen LogP contribution in [0.5, 0.6) is 11.5 Å². The van der Waals surface area contributed by atoms with Crippen molar-refractivity contribution in [1.82, 2.24) is 10.2 Å². The van der Waals surface area contributed by atoms with Crippen LogP contribution in [0, 0.1) is 0 Å². The molecule has 0 fully saturated rings. The van der Waals surface area contributed by atoms with Crippen LogP contribution in [0.3, 0.4) is 0 Å². The van der Waals surface area contributed by atoms with Gasteiger partial charge in [-0.05, 0) is 59.9 Å². The molecule has 4 rings (SSSR count). The first kappa shape index (κ1) is 32.3. The number of phenolic OH excluding ortho intramolecular Hbond substituents is 1. The van der Waals surface area contributed by atoms with Gasteiger partial charge in [-0.2, -0.15) is 0 Å². The summed E-state index contributed by atoms with van der Waals surface area (Å²) in [7, 11) is 0. The number of amides is 2. The molecule has 8 heteroatoms. The first-order valence-electron chi connectivity index (χ1n) is 14.9. The molecular formula is C36H41N3O5. The summed E-state index contributed by atoms with van der Waals surface area (Å²) in [6, 6.07) is 32.5. The Labute approximate surface area is 259 Å². The molecule has 0 aromatic heterocycles. The van der Waals surface area contributed by atoms with E-state index in [1.54, 1.807) is 24.3 Å². The van der Waals surface area contributed by atoms with Gasteiger partial charge >= 0.3 is 0 Å². The zero-order chi connectivity index (χ0) is 31.3. The van der Waals surface area contributed by atoms with Crippen molar-refractivity contribution in [2.75, 3.05) is 18.4 Å². The summed E-state index contributed by atoms with van der Waals surface area (Å²) in [5, 5.41) is 26.7. The summed E-state index contributed by atoms with van der Waals surface area (Å²) >= 11 is 0. The van der Waals surface area contributed by atoms with Gasteiger partial charge in [0.25, 0.3) is 0 Å². The van der Waals surface area contributed by atoms with Crippen LogP contribution in [0.1, 0.15) is 48.6 Å². The molecular weight excluding hydrogens is 554 g/mol. The van der Waals surface area contributed by atoms with Crippen molar-refractivity contribution in [3.05, 3.63) is 125 Å². The molecule has 0 saturated heterocycles. The van der Waals surface area contributed by atoms with Crippen molar-refractivity contribution in [3.8, 4) is 11.5 Å². The Balaban J connectivity index is 1.53. The molecule has 0 aliphatic rings. The minimum absolute atomic E-state index is 0.0795. The molecule has 0 radical (unpaired) electrons. The number of hydrogen-bond acceptors (Lipinski definition) is 6. The third-order valence-corrected chi connectivity index (χ3v) is 7.35. The summed E-state index contributed by atoms with van der Waals surface area (Å²) in [5.74, 6) is 0.240. The topological polar surface area (TPSA) is 111 Å². The molecule has 4 N–H and O–H groups in total. The van der Waals surface area contributed by atoms with E-state index in [9.17, 15) is 19.8 Å². The molecule has 2 amide bonds. The van der Waals surface area contributed by atoms with E-state index in [0.29, 0.717) is 36.7 Å². The van der Waals surface area contributed by atoms with Crippen molar-refractivity contribution in [3.63, 3.8) is 0 Å². The molecule has 0 saturated carbocycles. The minimum Gasteiger partial charge on any atom is -0.508 e. The normalized spacial score (nSPS) is 12.4. The maximum atomic E-state index is 12.8. The molecule has 8 nitrogen and oxygen atoms in total. The van der Waals surface area contributed by atoms with E-state index in [1.807, 2.05) is 66.7 Å². The van der Waals surface area contributed by atoms with E-state index < -0.39 is 6.10 Å². The maximum absolute atomic E-state index is 12.8. The minimum atomic E-state index is -0.848. The fraction of sp³-hybridized carbons (Fsp3) is 0.278. The fourth-order valence-electron chi connectivity index (χ4n) is 4.93. The number of anilines is 1. The van der Waals surface area contributed by atoms with E-state index in [1.165, 1.54) is 6.92 Å². The van der Waals surface area contributed by atoms with Gasteiger partial charge in [0.05, 0.1) is 11.8 Å². The quantitative estimate of drug-likeness (QED) is 0.142. The second-order valence-electron chi connectivity index (χ2n) is 11.0. The number of aliphatic hydroxyl groups is 1. The van der Waals surface area contributed by atoms with E-state index >= 15 is 0 Å². The number of phenols is 1. The average molecular weight is 596 g/mol. The molecule has 4 aromatic carbocycles. The highest BCUT2D eigenvalue weighted by Gasteiger charge is 2.21. The smallest absolute Gasteiger partial charge is 0.226 e. The van der Waals surface area contributed by atoms with Crippen LogP contribution in [-0.4, -0.2) is 46.1 Å². The second kappa shape index (κ2) is 16.3. The maximum Gasteiger partial charge on any atom is 0.226 e. The Morgan fingerprint density at radius 3 is 2.18 bits per heavy atom. The van der Waals surface area contributed by atoms with Crippen LogP contribution in [0.4, 0.5) is 5.69 Å². The van der Waals surface area contributed by atoms with Crippen molar-refractivity contribution in [2.45, 2.75) is 52.0 Å². The van der Waals surface area contributed by atoms with E-state index in [4.69, 9.17) is 4.74 Å². The van der Waals surface area contributed by atoms with Crippen molar-refractivity contribution in [2.24, 2.45) is 0 Å². The Morgan fingerprint density at radius 2 is 1.52 bits per heavy atom. The fourth-order valence-corrected chi connectivity index (χ4v) is 4.93. The Kier molecular flexibility index (Phi) is 11.9. The lowest BCUT2D eigenvalue weighted by molar-refractivity contribution is -0.119. The molecule has 2 atom stereocenters. The number of nitrogens with one attached hydrogen (secondary N) is 2. The molecule has 0 bridgehead atoms. The molecule has 230 valence electrons. The lowest BCUT2D eigenvalue weighted by Crippen LogP contribution is -2.37. The van der Waals surface area contributed by atoms with Crippen LogP contribution in [0.25, 0.3) is 0 Å². The van der Waals surface area contributed by atoms with Gasteiger partial charge in [0.1, 0.15) is 18.1 Å². The molecule has 0 aliphatic heterocycles. The van der Waals surface area contributed by atoms with Crippen LogP contribution in [0.2, 0.25) is 0 Å². The van der Waals surface area contributed by atoms with Crippen LogP contribution in [-0.2, 0) is 29.2 Å². The monoisotopic (exact) mass is 595 g/mol. The van der Waals surface area contributed by atoms with Gasteiger partial charge in [0.15, 0.2) is 0 Å².